The molecule has 3 unspecified atom stereocenters. The van der Waals surface area contributed by atoms with Crippen LogP contribution in [-0.2, 0) is 19.1 Å². The second-order valence-electron chi connectivity index (χ2n) is 14.6. The largest absolute Gasteiger partial charge is 0.453 e. The normalized spacial score (nSPS) is 18.5. The van der Waals surface area contributed by atoms with Crippen molar-refractivity contribution in [2.24, 2.45) is 11.8 Å². The number of benzene rings is 1. The number of carbonyl (C=O) groups is 4. The number of hydrogen-bond acceptors (Lipinski definition) is 10. The van der Waals surface area contributed by atoms with Gasteiger partial charge in [0.05, 0.1) is 52.4 Å². The SMILES string of the molecule is COC(=O)NC(C(=O)N1CCCC1c1nc(-c2csc3c(-c4ccc5nc(C6CCCN6C(=O)[C@@H](NC(=O)OC)C(C)C)[nH]c5c4)csc23)c[nH]1)C(C)C. The van der Waals surface area contributed by atoms with E-state index in [9.17, 15) is 19.2 Å². The van der Waals surface area contributed by atoms with Crippen molar-refractivity contribution in [3.63, 3.8) is 0 Å². The second kappa shape index (κ2) is 15.4. The fourth-order valence-electron chi connectivity index (χ4n) is 7.58. The highest BCUT2D eigenvalue weighted by Crippen LogP contribution is 2.45. The molecule has 2 saturated heterocycles. The first kappa shape index (κ1) is 37.4. The number of thiophene rings is 2. The number of likely N-dealkylation sites (tertiary alicyclic amines) is 2. The van der Waals surface area contributed by atoms with Crippen LogP contribution < -0.4 is 10.6 Å². The summed E-state index contributed by atoms with van der Waals surface area (Å²) in [4.78, 5) is 71.7. The Morgan fingerprint density at radius 3 is 1.93 bits per heavy atom. The van der Waals surface area contributed by atoms with Crippen molar-refractivity contribution in [1.29, 1.82) is 0 Å². The van der Waals surface area contributed by atoms with Crippen molar-refractivity contribution in [2.75, 3.05) is 27.3 Å². The molecular weight excluding hydrogens is 729 g/mol. The molecule has 286 valence electrons. The molecule has 5 aromatic rings. The molecule has 1 aromatic carbocycles. The molecule has 6 heterocycles. The van der Waals surface area contributed by atoms with Gasteiger partial charge in [0.2, 0.25) is 11.8 Å². The topological polar surface area (TPSA) is 175 Å². The molecule has 4 aromatic heterocycles. The van der Waals surface area contributed by atoms with Crippen molar-refractivity contribution in [2.45, 2.75) is 77.5 Å². The number of imidazole rings is 2. The molecule has 2 aliphatic heterocycles. The Hall–Kier alpha value is -4.96. The molecule has 7 rings (SSSR count). The number of hydrogen-bond donors (Lipinski definition) is 4. The Kier molecular flexibility index (Phi) is 10.7. The van der Waals surface area contributed by atoms with Crippen LogP contribution in [0, 0.1) is 11.8 Å². The Balaban J connectivity index is 1.10. The number of amides is 4. The summed E-state index contributed by atoms with van der Waals surface area (Å²) in [5, 5.41) is 9.72. The van der Waals surface area contributed by atoms with Crippen LogP contribution in [0.25, 0.3) is 42.8 Å². The third-order valence-corrected chi connectivity index (χ3v) is 12.6. The van der Waals surface area contributed by atoms with E-state index < -0.39 is 24.3 Å². The summed E-state index contributed by atoms with van der Waals surface area (Å²) in [5.41, 5.74) is 5.75. The third kappa shape index (κ3) is 7.04. The van der Waals surface area contributed by atoms with E-state index in [0.717, 1.165) is 80.1 Å². The monoisotopic (exact) mass is 774 g/mol. The molecule has 4 N–H and O–H groups in total. The molecule has 2 fully saturated rings. The van der Waals surface area contributed by atoms with Gasteiger partial charge in [-0.25, -0.2) is 19.6 Å². The minimum atomic E-state index is -0.695. The summed E-state index contributed by atoms with van der Waals surface area (Å²) >= 11 is 3.35. The van der Waals surface area contributed by atoms with Crippen LogP contribution in [-0.4, -0.2) is 93.1 Å². The highest BCUT2D eigenvalue weighted by Gasteiger charge is 2.39. The number of ether oxygens (including phenoxy) is 2. The number of fused-ring (bicyclic) bond motifs is 2. The summed E-state index contributed by atoms with van der Waals surface area (Å²) in [6.07, 6.45) is 3.91. The van der Waals surface area contributed by atoms with Gasteiger partial charge in [-0.3, -0.25) is 9.59 Å². The molecule has 54 heavy (non-hydrogen) atoms. The lowest BCUT2D eigenvalue weighted by atomic mass is 10.0. The van der Waals surface area contributed by atoms with Gasteiger partial charge < -0.3 is 39.9 Å². The first-order valence-electron chi connectivity index (χ1n) is 18.3. The van der Waals surface area contributed by atoms with Gasteiger partial charge in [0, 0.05) is 41.2 Å². The minimum absolute atomic E-state index is 0.109. The summed E-state index contributed by atoms with van der Waals surface area (Å²) < 4.78 is 11.8. The maximum Gasteiger partial charge on any atom is 0.407 e. The molecule has 16 heteroatoms. The Morgan fingerprint density at radius 2 is 1.35 bits per heavy atom. The number of nitrogens with zero attached hydrogens (tertiary/aromatic N) is 4. The average Bonchev–Trinajstić information content (AvgIpc) is 4.00. The van der Waals surface area contributed by atoms with Crippen LogP contribution in [0.3, 0.4) is 0 Å². The lowest BCUT2D eigenvalue weighted by Gasteiger charge is -2.29. The average molecular weight is 775 g/mol. The van der Waals surface area contributed by atoms with Crippen LogP contribution in [0.5, 0.6) is 0 Å². The standard InChI is InChI=1S/C38H46N8O6S2/c1-19(2)29(43-37(49)51-5)35(47)45-13-7-9-27(45)33-39-16-26(42-33)23-18-54-31-22(17-53-32(23)31)21-11-12-24-25(15-21)41-34(40-24)28-10-8-14-46(28)36(48)30(20(3)4)44-38(50)52-6/h11-12,15-20,27-30H,7-10,13-14H2,1-6H3,(H,39,42)(H,40,41)(H,43,49)(H,44,50)/t27?,28?,29?,30-/m0/s1. The molecule has 14 nitrogen and oxygen atoms in total. The van der Waals surface area contributed by atoms with Crippen molar-refractivity contribution in [3.8, 4) is 22.4 Å². The van der Waals surface area contributed by atoms with Crippen LogP contribution in [0.15, 0.2) is 35.2 Å². The third-order valence-electron chi connectivity index (χ3n) is 10.5. The Morgan fingerprint density at radius 1 is 0.796 bits per heavy atom. The smallest absolute Gasteiger partial charge is 0.407 e. The summed E-state index contributed by atoms with van der Waals surface area (Å²) in [7, 11) is 2.58. The molecule has 2 aliphatic rings. The summed E-state index contributed by atoms with van der Waals surface area (Å²) in [6.45, 7) is 8.80. The molecular formula is C38H46N8O6S2. The second-order valence-corrected chi connectivity index (χ2v) is 16.3. The van der Waals surface area contributed by atoms with E-state index in [1.165, 1.54) is 14.2 Å². The number of aromatic amines is 2. The van der Waals surface area contributed by atoms with Crippen LogP contribution in [0.4, 0.5) is 9.59 Å². The highest BCUT2D eigenvalue weighted by molar-refractivity contribution is 7.27. The quantitative estimate of drug-likeness (QED) is 0.118. The molecule has 0 radical (unpaired) electrons. The van der Waals surface area contributed by atoms with Crippen LogP contribution in [0.2, 0.25) is 0 Å². The lowest BCUT2D eigenvalue weighted by molar-refractivity contribution is -0.136. The summed E-state index contributed by atoms with van der Waals surface area (Å²) in [5.74, 6) is 0.968. The number of methoxy groups -OCH3 is 2. The molecule has 0 aliphatic carbocycles. The van der Waals surface area contributed by atoms with Gasteiger partial charge in [0.1, 0.15) is 23.7 Å². The predicted molar refractivity (Wildman–Crippen MR) is 208 cm³/mol. The number of H-pyrrole nitrogens is 2. The van der Waals surface area contributed by atoms with Gasteiger partial charge in [-0.2, -0.15) is 0 Å². The maximum atomic E-state index is 13.7. The van der Waals surface area contributed by atoms with E-state index in [1.807, 2.05) is 49.8 Å². The van der Waals surface area contributed by atoms with E-state index in [0.29, 0.717) is 13.1 Å². The zero-order valence-electron chi connectivity index (χ0n) is 31.2. The molecule has 4 amide bonds. The molecule has 4 atom stereocenters. The van der Waals surface area contributed by atoms with E-state index in [-0.39, 0.29) is 35.7 Å². The van der Waals surface area contributed by atoms with Crippen molar-refractivity contribution < 1.29 is 28.7 Å². The predicted octanol–water partition coefficient (Wildman–Crippen LogP) is 6.98. The highest BCUT2D eigenvalue weighted by atomic mass is 32.1. The van der Waals surface area contributed by atoms with E-state index >= 15 is 0 Å². The van der Waals surface area contributed by atoms with Crippen molar-refractivity contribution in [1.82, 2.24) is 40.4 Å². The van der Waals surface area contributed by atoms with Gasteiger partial charge >= 0.3 is 12.2 Å². The zero-order chi connectivity index (χ0) is 38.3. The van der Waals surface area contributed by atoms with Gasteiger partial charge in [0.15, 0.2) is 0 Å². The Labute approximate surface area is 321 Å². The van der Waals surface area contributed by atoms with Crippen molar-refractivity contribution >= 4 is 67.1 Å². The van der Waals surface area contributed by atoms with Crippen LogP contribution >= 0.6 is 22.7 Å². The maximum absolute atomic E-state index is 13.7. The number of nitrogens with one attached hydrogen (secondary N) is 4. The zero-order valence-corrected chi connectivity index (χ0v) is 32.9. The van der Waals surface area contributed by atoms with Gasteiger partial charge in [-0.1, -0.05) is 33.8 Å². The van der Waals surface area contributed by atoms with Gasteiger partial charge in [-0.05, 0) is 55.2 Å². The number of aromatic nitrogens is 4. The molecule has 0 bridgehead atoms. The van der Waals surface area contributed by atoms with E-state index in [2.05, 4.69) is 43.5 Å². The van der Waals surface area contributed by atoms with Gasteiger partial charge in [-0.15, -0.1) is 22.7 Å². The van der Waals surface area contributed by atoms with E-state index in [4.69, 9.17) is 19.4 Å². The first-order chi connectivity index (χ1) is 26.0. The fraction of sp³-hybridized carbons (Fsp3) is 0.474. The number of alkyl carbamates (subject to hydrolysis) is 2. The number of carbonyl (C=O) groups excluding carboxylic acids is 4. The van der Waals surface area contributed by atoms with Crippen molar-refractivity contribution in [3.05, 3.63) is 46.8 Å². The molecule has 0 spiro atoms. The van der Waals surface area contributed by atoms with Crippen LogP contribution in [0.1, 0.15) is 77.1 Å². The minimum Gasteiger partial charge on any atom is -0.453 e. The van der Waals surface area contributed by atoms with Gasteiger partial charge in [0.25, 0.3) is 0 Å². The summed E-state index contributed by atoms with van der Waals surface area (Å²) in [6, 6.07) is 4.39. The molecule has 0 saturated carbocycles. The van der Waals surface area contributed by atoms with E-state index in [1.54, 1.807) is 22.7 Å². The first-order valence-corrected chi connectivity index (χ1v) is 20.1. The lowest BCUT2D eigenvalue weighted by Crippen LogP contribution is -2.51. The Bertz CT molecular complexity index is 2190. The fourth-order valence-corrected chi connectivity index (χ4v) is 10.0. The number of rotatable bonds is 10.